The second-order valence-corrected chi connectivity index (χ2v) is 5.44. The molecule has 0 aliphatic carbocycles. The minimum Gasteiger partial charge on any atom is -0.374 e. The first-order chi connectivity index (χ1) is 11.3. The molecule has 0 saturated carbocycles. The summed E-state index contributed by atoms with van der Waals surface area (Å²) in [7, 11) is 0. The molecular formula is C18H20FNO3. The molecule has 0 spiro atoms. The number of hydrogen-bond donors (Lipinski definition) is 1. The van der Waals surface area contributed by atoms with Gasteiger partial charge in [0.05, 0.1) is 19.8 Å². The van der Waals surface area contributed by atoms with Gasteiger partial charge < -0.3 is 9.47 Å². The Bertz CT molecular complexity index is 581. The average molecular weight is 317 g/mol. The van der Waals surface area contributed by atoms with Gasteiger partial charge in [0.2, 0.25) is 6.30 Å². The van der Waals surface area contributed by atoms with Crippen LogP contribution in [0.4, 0.5) is 4.39 Å². The van der Waals surface area contributed by atoms with Crippen LogP contribution in [0.25, 0.3) is 0 Å². The summed E-state index contributed by atoms with van der Waals surface area (Å²) in [4.78, 5) is 5.23. The fraction of sp³-hybridized carbons (Fsp3) is 0.333. The third-order valence-electron chi connectivity index (χ3n) is 3.67. The zero-order chi connectivity index (χ0) is 15.9. The van der Waals surface area contributed by atoms with Gasteiger partial charge in [0.25, 0.3) is 0 Å². The first kappa shape index (κ1) is 16.1. The van der Waals surface area contributed by atoms with E-state index in [1.807, 2.05) is 60.7 Å². The molecular weight excluding hydrogens is 297 g/mol. The molecule has 122 valence electrons. The molecule has 0 unspecified atom stereocenters. The number of hydroxylamine groups is 1. The van der Waals surface area contributed by atoms with Crippen molar-refractivity contribution >= 4 is 0 Å². The van der Waals surface area contributed by atoms with Crippen molar-refractivity contribution in [3.8, 4) is 0 Å². The molecule has 0 bridgehead atoms. The molecule has 1 saturated heterocycles. The van der Waals surface area contributed by atoms with E-state index < -0.39 is 18.5 Å². The van der Waals surface area contributed by atoms with Crippen LogP contribution in [-0.4, -0.2) is 25.1 Å². The van der Waals surface area contributed by atoms with Crippen molar-refractivity contribution in [2.45, 2.75) is 31.7 Å². The number of hydrogen-bond acceptors (Lipinski definition) is 4. The molecule has 2 aromatic rings. The van der Waals surface area contributed by atoms with E-state index in [2.05, 4.69) is 5.48 Å². The minimum atomic E-state index is -1.36. The van der Waals surface area contributed by atoms with Gasteiger partial charge in [0, 0.05) is 0 Å². The lowest BCUT2D eigenvalue weighted by Gasteiger charge is -2.18. The topological polar surface area (TPSA) is 39.7 Å². The van der Waals surface area contributed by atoms with Crippen LogP contribution in [0.15, 0.2) is 60.7 Å². The molecule has 0 aromatic heterocycles. The van der Waals surface area contributed by atoms with E-state index >= 15 is 0 Å². The van der Waals surface area contributed by atoms with Gasteiger partial charge in [-0.25, -0.2) is 4.39 Å². The smallest absolute Gasteiger partial charge is 0.201 e. The van der Waals surface area contributed by atoms with E-state index in [9.17, 15) is 4.39 Å². The molecule has 1 aliphatic rings. The second kappa shape index (κ2) is 8.17. The molecule has 1 heterocycles. The Labute approximate surface area is 135 Å². The predicted octanol–water partition coefficient (Wildman–Crippen LogP) is 2.99. The number of nitrogens with one attached hydrogen (secondary N) is 1. The van der Waals surface area contributed by atoms with Gasteiger partial charge in [-0.2, -0.15) is 5.48 Å². The fourth-order valence-electron chi connectivity index (χ4n) is 2.43. The summed E-state index contributed by atoms with van der Waals surface area (Å²) < 4.78 is 25.2. The van der Waals surface area contributed by atoms with Crippen LogP contribution in [0.5, 0.6) is 0 Å². The maximum Gasteiger partial charge on any atom is 0.201 e. The molecule has 1 N–H and O–H groups in total. The third-order valence-corrected chi connectivity index (χ3v) is 3.67. The summed E-state index contributed by atoms with van der Waals surface area (Å²) in [5.74, 6) is 0. The van der Waals surface area contributed by atoms with Crippen molar-refractivity contribution in [1.29, 1.82) is 0 Å². The second-order valence-electron chi connectivity index (χ2n) is 5.44. The Morgan fingerprint density at radius 2 is 1.52 bits per heavy atom. The summed E-state index contributed by atoms with van der Waals surface area (Å²) in [6, 6.07) is 19.5. The van der Waals surface area contributed by atoms with E-state index in [1.165, 1.54) is 0 Å². The molecule has 1 fully saturated rings. The van der Waals surface area contributed by atoms with Crippen molar-refractivity contribution in [3.05, 3.63) is 71.8 Å². The summed E-state index contributed by atoms with van der Waals surface area (Å²) in [5, 5.41) is 0. The summed E-state index contributed by atoms with van der Waals surface area (Å²) in [5.41, 5.74) is 4.40. The van der Waals surface area contributed by atoms with Crippen LogP contribution in [0, 0.1) is 0 Å². The number of rotatable bonds is 7. The molecule has 0 radical (unpaired) electrons. The number of halogens is 1. The van der Waals surface area contributed by atoms with E-state index in [-0.39, 0.29) is 6.61 Å². The molecule has 5 heteroatoms. The normalized spacial score (nSPS) is 24.0. The summed E-state index contributed by atoms with van der Waals surface area (Å²) in [6.45, 7) is 1.07. The highest BCUT2D eigenvalue weighted by molar-refractivity contribution is 5.14. The lowest BCUT2D eigenvalue weighted by Crippen LogP contribution is -2.34. The van der Waals surface area contributed by atoms with Crippen molar-refractivity contribution in [2.75, 3.05) is 6.61 Å². The van der Waals surface area contributed by atoms with Gasteiger partial charge in [-0.05, 0) is 11.1 Å². The van der Waals surface area contributed by atoms with Crippen LogP contribution in [-0.2, 0) is 27.5 Å². The van der Waals surface area contributed by atoms with Crippen LogP contribution >= 0.6 is 0 Å². The Balaban J connectivity index is 1.48. The Morgan fingerprint density at radius 3 is 2.17 bits per heavy atom. The van der Waals surface area contributed by atoms with E-state index in [0.29, 0.717) is 13.2 Å². The molecule has 23 heavy (non-hydrogen) atoms. The van der Waals surface area contributed by atoms with E-state index in [1.54, 1.807) is 0 Å². The van der Waals surface area contributed by atoms with Crippen molar-refractivity contribution < 1.29 is 18.7 Å². The van der Waals surface area contributed by atoms with Crippen LogP contribution in [0.3, 0.4) is 0 Å². The Kier molecular flexibility index (Phi) is 5.71. The highest BCUT2D eigenvalue weighted by atomic mass is 19.1. The zero-order valence-electron chi connectivity index (χ0n) is 12.7. The fourth-order valence-corrected chi connectivity index (χ4v) is 2.43. The standard InChI is InChI=1S/C18H20FNO3/c19-18-17(22-12-15-9-5-2-6-10-15)16(23-20-18)13-21-11-14-7-3-1-4-8-14/h1-10,16-18,20H,11-13H2/t16-,17-,18+/m1/s1. The van der Waals surface area contributed by atoms with Gasteiger partial charge in [-0.1, -0.05) is 60.7 Å². The van der Waals surface area contributed by atoms with Crippen molar-refractivity contribution in [2.24, 2.45) is 0 Å². The molecule has 2 aromatic carbocycles. The zero-order valence-corrected chi connectivity index (χ0v) is 12.7. The molecule has 1 aliphatic heterocycles. The van der Waals surface area contributed by atoms with Gasteiger partial charge >= 0.3 is 0 Å². The summed E-state index contributed by atoms with van der Waals surface area (Å²) in [6.07, 6.45) is -2.52. The number of benzene rings is 2. The van der Waals surface area contributed by atoms with Gasteiger partial charge in [-0.15, -0.1) is 0 Å². The molecule has 3 rings (SSSR count). The maximum atomic E-state index is 13.9. The first-order valence-corrected chi connectivity index (χ1v) is 7.65. The van der Waals surface area contributed by atoms with E-state index in [4.69, 9.17) is 14.3 Å². The SMILES string of the molecule is F[C@H]1NO[C@H](COCc2ccccc2)[C@H]1OCc1ccccc1. The predicted molar refractivity (Wildman–Crippen MR) is 84.0 cm³/mol. The average Bonchev–Trinajstić information content (AvgIpc) is 2.95. The largest absolute Gasteiger partial charge is 0.374 e. The number of alkyl halides is 1. The third kappa shape index (κ3) is 4.59. The van der Waals surface area contributed by atoms with Gasteiger partial charge in [0.15, 0.2) is 0 Å². The van der Waals surface area contributed by atoms with Gasteiger partial charge in [0.1, 0.15) is 12.2 Å². The van der Waals surface area contributed by atoms with Crippen LogP contribution in [0.1, 0.15) is 11.1 Å². The molecule has 0 amide bonds. The highest BCUT2D eigenvalue weighted by Gasteiger charge is 2.38. The minimum absolute atomic E-state index is 0.266. The first-order valence-electron chi connectivity index (χ1n) is 7.65. The maximum absolute atomic E-state index is 13.9. The van der Waals surface area contributed by atoms with Gasteiger partial charge in [-0.3, -0.25) is 4.84 Å². The summed E-state index contributed by atoms with van der Waals surface area (Å²) >= 11 is 0. The van der Waals surface area contributed by atoms with Crippen molar-refractivity contribution in [3.63, 3.8) is 0 Å². The van der Waals surface area contributed by atoms with Crippen LogP contribution in [0.2, 0.25) is 0 Å². The lowest BCUT2D eigenvalue weighted by molar-refractivity contribution is -0.0766. The highest BCUT2D eigenvalue weighted by Crippen LogP contribution is 2.19. The van der Waals surface area contributed by atoms with E-state index in [0.717, 1.165) is 11.1 Å². The number of ether oxygens (including phenoxy) is 2. The Hall–Kier alpha value is -1.79. The molecule has 4 nitrogen and oxygen atoms in total. The quantitative estimate of drug-likeness (QED) is 0.797. The molecule has 3 atom stereocenters. The Morgan fingerprint density at radius 1 is 0.913 bits per heavy atom. The lowest BCUT2D eigenvalue weighted by atomic mass is 10.2. The van der Waals surface area contributed by atoms with Crippen LogP contribution < -0.4 is 5.48 Å². The van der Waals surface area contributed by atoms with Crippen molar-refractivity contribution in [1.82, 2.24) is 5.48 Å². The monoisotopic (exact) mass is 317 g/mol.